The van der Waals surface area contributed by atoms with Gasteiger partial charge in [0, 0.05) is 47.0 Å². The summed E-state index contributed by atoms with van der Waals surface area (Å²) in [5.74, 6) is 0.199. The molecule has 0 bridgehead atoms. The van der Waals surface area contributed by atoms with Gasteiger partial charge in [0.15, 0.2) is 5.82 Å². The Kier molecular flexibility index (Phi) is 3.49. The van der Waals surface area contributed by atoms with Crippen LogP contribution in [0.15, 0.2) is 36.9 Å². The molecule has 1 aliphatic carbocycles. The number of nitrogens with two attached hydrogens (primary N) is 1. The van der Waals surface area contributed by atoms with Gasteiger partial charge in [0.2, 0.25) is 0 Å². The summed E-state index contributed by atoms with van der Waals surface area (Å²) in [6.45, 7) is 0. The summed E-state index contributed by atoms with van der Waals surface area (Å²) >= 11 is 0. The van der Waals surface area contributed by atoms with Gasteiger partial charge in [-0.2, -0.15) is 0 Å². The van der Waals surface area contributed by atoms with Crippen molar-refractivity contribution in [1.82, 2.24) is 24.5 Å². The molecule has 26 heavy (non-hydrogen) atoms. The van der Waals surface area contributed by atoms with Crippen LogP contribution in [0.25, 0.3) is 33.5 Å². The summed E-state index contributed by atoms with van der Waals surface area (Å²) in [5, 5.41) is 1.69. The number of halogens is 1. The summed E-state index contributed by atoms with van der Waals surface area (Å²) in [7, 11) is 0. The molecule has 0 unspecified atom stereocenters. The molecule has 0 aromatic carbocycles. The van der Waals surface area contributed by atoms with E-state index >= 15 is 0 Å². The van der Waals surface area contributed by atoms with Crippen LogP contribution in [0.3, 0.4) is 0 Å². The lowest BCUT2D eigenvalue weighted by atomic mass is 9.92. The Morgan fingerprint density at radius 2 is 2.00 bits per heavy atom. The summed E-state index contributed by atoms with van der Waals surface area (Å²) in [4.78, 5) is 16.4. The van der Waals surface area contributed by atoms with Crippen molar-refractivity contribution in [3.8, 4) is 11.4 Å². The molecule has 0 aliphatic heterocycles. The maximum absolute atomic E-state index is 13.6. The van der Waals surface area contributed by atoms with Gasteiger partial charge < -0.3 is 15.3 Å². The number of hydrogen-bond acceptors (Lipinski definition) is 4. The highest BCUT2D eigenvalue weighted by Gasteiger charge is 2.22. The van der Waals surface area contributed by atoms with E-state index in [1.165, 1.54) is 12.3 Å². The third-order valence-corrected chi connectivity index (χ3v) is 5.33. The second-order valence-corrected chi connectivity index (χ2v) is 7.02. The van der Waals surface area contributed by atoms with Crippen LogP contribution in [0.5, 0.6) is 0 Å². The summed E-state index contributed by atoms with van der Waals surface area (Å²) in [6.07, 6.45) is 11.1. The van der Waals surface area contributed by atoms with Gasteiger partial charge in [0.05, 0.1) is 6.20 Å². The zero-order valence-corrected chi connectivity index (χ0v) is 14.2. The topological polar surface area (TPSA) is 85.4 Å². The summed E-state index contributed by atoms with van der Waals surface area (Å²) in [5.41, 5.74) is 8.34. The van der Waals surface area contributed by atoms with Crippen LogP contribution in [-0.4, -0.2) is 30.5 Å². The fraction of sp³-hybridized carbons (Fsp3) is 0.316. The smallest absolute Gasteiger partial charge is 0.163 e. The number of nitrogens with one attached hydrogen (secondary N) is 1. The normalized spacial score (nSPS) is 20.8. The van der Waals surface area contributed by atoms with Crippen LogP contribution in [0.1, 0.15) is 31.7 Å². The van der Waals surface area contributed by atoms with E-state index < -0.39 is 0 Å². The van der Waals surface area contributed by atoms with Crippen molar-refractivity contribution in [2.75, 3.05) is 0 Å². The lowest BCUT2D eigenvalue weighted by Gasteiger charge is -2.27. The van der Waals surface area contributed by atoms with Gasteiger partial charge in [-0.1, -0.05) is 0 Å². The monoisotopic (exact) mass is 350 g/mol. The molecule has 3 N–H and O–H groups in total. The summed E-state index contributed by atoms with van der Waals surface area (Å²) < 4.78 is 15.9. The molecule has 0 saturated heterocycles. The first kappa shape index (κ1) is 15.5. The van der Waals surface area contributed by atoms with Gasteiger partial charge in [-0.15, -0.1) is 0 Å². The Bertz CT molecular complexity index is 1090. The number of aromatic amines is 1. The molecule has 6 nitrogen and oxygen atoms in total. The van der Waals surface area contributed by atoms with Crippen molar-refractivity contribution >= 4 is 22.1 Å². The van der Waals surface area contributed by atoms with Crippen LogP contribution in [0, 0.1) is 5.82 Å². The Hall–Kier alpha value is -2.80. The first-order chi connectivity index (χ1) is 12.7. The highest BCUT2D eigenvalue weighted by Crippen LogP contribution is 2.32. The average Bonchev–Trinajstić information content (AvgIpc) is 3.25. The molecule has 4 aromatic heterocycles. The SMILES string of the molecule is NC1CCC(n2ccc3cnc(-c4c[nH]c5ncc(F)cc45)nc32)CC1. The second-order valence-electron chi connectivity index (χ2n) is 7.02. The Morgan fingerprint density at radius 1 is 1.15 bits per heavy atom. The maximum atomic E-state index is 13.6. The minimum atomic E-state index is -0.374. The van der Waals surface area contributed by atoms with Gasteiger partial charge in [-0.3, -0.25) is 0 Å². The number of fused-ring (bicyclic) bond motifs is 2. The van der Waals surface area contributed by atoms with Gasteiger partial charge in [0.25, 0.3) is 0 Å². The molecule has 5 rings (SSSR count). The molecule has 4 heterocycles. The lowest BCUT2D eigenvalue weighted by Crippen LogP contribution is -2.27. The molecular formula is C19H19FN6. The molecule has 0 radical (unpaired) electrons. The van der Waals surface area contributed by atoms with Crippen molar-refractivity contribution < 1.29 is 4.39 Å². The predicted octanol–water partition coefficient (Wildman–Crippen LogP) is 3.56. The maximum Gasteiger partial charge on any atom is 0.163 e. The largest absolute Gasteiger partial charge is 0.345 e. The molecule has 0 spiro atoms. The minimum absolute atomic E-state index is 0.312. The van der Waals surface area contributed by atoms with E-state index in [0.29, 0.717) is 28.9 Å². The first-order valence-corrected chi connectivity index (χ1v) is 8.91. The molecule has 1 aliphatic rings. The van der Waals surface area contributed by atoms with Crippen molar-refractivity contribution in [3.05, 3.63) is 42.7 Å². The number of pyridine rings is 1. The molecule has 0 amide bonds. The molecule has 132 valence electrons. The van der Waals surface area contributed by atoms with Gasteiger partial charge in [-0.25, -0.2) is 19.3 Å². The van der Waals surface area contributed by atoms with Crippen LogP contribution in [0.4, 0.5) is 4.39 Å². The molecule has 4 aromatic rings. The van der Waals surface area contributed by atoms with Crippen LogP contribution >= 0.6 is 0 Å². The van der Waals surface area contributed by atoms with E-state index in [1.54, 1.807) is 6.20 Å². The number of nitrogens with zero attached hydrogens (tertiary/aromatic N) is 4. The van der Waals surface area contributed by atoms with E-state index in [0.717, 1.165) is 42.3 Å². The van der Waals surface area contributed by atoms with Crippen molar-refractivity contribution in [2.24, 2.45) is 5.73 Å². The minimum Gasteiger partial charge on any atom is -0.345 e. The quantitative estimate of drug-likeness (QED) is 0.579. The first-order valence-electron chi connectivity index (χ1n) is 8.91. The van der Waals surface area contributed by atoms with Crippen molar-refractivity contribution in [2.45, 2.75) is 37.8 Å². The highest BCUT2D eigenvalue weighted by atomic mass is 19.1. The number of rotatable bonds is 2. The standard InChI is InChI=1S/C19H19FN6/c20-12-7-15-16(10-24-17(15)23-9-12)18-22-8-11-5-6-26(19(11)25-18)14-3-1-13(21)2-4-14/h5-10,13-14H,1-4,21H2,(H,23,24). The summed E-state index contributed by atoms with van der Waals surface area (Å²) in [6, 6.07) is 4.23. The predicted molar refractivity (Wildman–Crippen MR) is 98.1 cm³/mol. The van der Waals surface area contributed by atoms with Crippen molar-refractivity contribution in [1.29, 1.82) is 0 Å². The second kappa shape index (κ2) is 5.88. The Labute approximate surface area is 149 Å². The fourth-order valence-corrected chi connectivity index (χ4v) is 3.90. The van der Waals surface area contributed by atoms with E-state index in [9.17, 15) is 4.39 Å². The third kappa shape index (κ3) is 2.47. The molecular weight excluding hydrogens is 331 g/mol. The van der Waals surface area contributed by atoms with Crippen LogP contribution < -0.4 is 5.73 Å². The number of H-pyrrole nitrogens is 1. The third-order valence-electron chi connectivity index (χ3n) is 5.33. The molecule has 0 atom stereocenters. The molecule has 7 heteroatoms. The zero-order valence-electron chi connectivity index (χ0n) is 14.2. The Morgan fingerprint density at radius 3 is 2.85 bits per heavy atom. The van der Waals surface area contributed by atoms with Crippen molar-refractivity contribution in [3.63, 3.8) is 0 Å². The Balaban J connectivity index is 1.61. The van der Waals surface area contributed by atoms with Gasteiger partial charge in [0.1, 0.15) is 17.1 Å². The van der Waals surface area contributed by atoms with Crippen LogP contribution in [-0.2, 0) is 0 Å². The molecule has 1 fully saturated rings. The van der Waals surface area contributed by atoms with E-state index in [4.69, 9.17) is 10.7 Å². The fourth-order valence-electron chi connectivity index (χ4n) is 3.90. The highest BCUT2D eigenvalue weighted by molar-refractivity contribution is 5.92. The van der Waals surface area contributed by atoms with E-state index in [-0.39, 0.29) is 5.82 Å². The zero-order chi connectivity index (χ0) is 17.7. The van der Waals surface area contributed by atoms with Gasteiger partial charge >= 0.3 is 0 Å². The molecule has 1 saturated carbocycles. The number of aromatic nitrogens is 5. The van der Waals surface area contributed by atoms with Gasteiger partial charge in [-0.05, 0) is 37.8 Å². The van der Waals surface area contributed by atoms with E-state index in [2.05, 4.69) is 25.7 Å². The number of hydrogen-bond donors (Lipinski definition) is 2. The van der Waals surface area contributed by atoms with E-state index in [1.807, 2.05) is 12.3 Å². The lowest BCUT2D eigenvalue weighted by molar-refractivity contribution is 0.329. The average molecular weight is 350 g/mol. The van der Waals surface area contributed by atoms with Crippen LogP contribution in [0.2, 0.25) is 0 Å².